The SMILES string of the molecule is CN1CCC[C@@H]1Cc1cn(Cc2ccccc2)c2ccc(CS(=O)(=O)N(C)C(c3ccccc3)c3ccccc3)cc12. The van der Waals surface area contributed by atoms with Gasteiger partial charge >= 0.3 is 0 Å². The number of nitrogens with zero attached hydrogens (tertiary/aromatic N) is 3. The molecule has 0 saturated carbocycles. The molecular weight excluding hydrogens is 538 g/mol. The van der Waals surface area contributed by atoms with E-state index in [-0.39, 0.29) is 5.75 Å². The predicted octanol–water partition coefficient (Wildman–Crippen LogP) is 6.88. The number of rotatable bonds is 10. The Morgan fingerprint density at radius 1 is 0.833 bits per heavy atom. The van der Waals surface area contributed by atoms with Gasteiger partial charge in [-0.1, -0.05) is 97.1 Å². The van der Waals surface area contributed by atoms with Crippen LogP contribution in [0.25, 0.3) is 10.9 Å². The zero-order valence-corrected chi connectivity index (χ0v) is 25.2. The highest BCUT2D eigenvalue weighted by Crippen LogP contribution is 2.32. The van der Waals surface area contributed by atoms with Crippen molar-refractivity contribution >= 4 is 20.9 Å². The maximum absolute atomic E-state index is 14.0. The molecule has 0 spiro atoms. The molecule has 42 heavy (non-hydrogen) atoms. The summed E-state index contributed by atoms with van der Waals surface area (Å²) in [6, 6.07) is 36.6. The van der Waals surface area contributed by atoms with Crippen LogP contribution in [0, 0.1) is 0 Å². The summed E-state index contributed by atoms with van der Waals surface area (Å²) >= 11 is 0. The second kappa shape index (κ2) is 12.3. The first-order chi connectivity index (χ1) is 20.4. The van der Waals surface area contributed by atoms with Gasteiger partial charge in [0, 0.05) is 36.7 Å². The molecule has 2 heterocycles. The van der Waals surface area contributed by atoms with Gasteiger partial charge in [-0.2, -0.15) is 4.31 Å². The van der Waals surface area contributed by atoms with Crippen molar-refractivity contribution in [1.82, 2.24) is 13.8 Å². The van der Waals surface area contributed by atoms with Crippen molar-refractivity contribution in [3.8, 4) is 0 Å². The molecule has 5 aromatic rings. The van der Waals surface area contributed by atoms with E-state index in [0.717, 1.165) is 47.1 Å². The lowest BCUT2D eigenvalue weighted by Gasteiger charge is -2.28. The van der Waals surface area contributed by atoms with Gasteiger partial charge in [0.25, 0.3) is 0 Å². The molecule has 1 aliphatic heterocycles. The fourth-order valence-electron chi connectivity index (χ4n) is 6.43. The zero-order valence-electron chi connectivity index (χ0n) is 24.4. The molecule has 4 aromatic carbocycles. The molecule has 1 saturated heterocycles. The molecule has 1 aromatic heterocycles. The number of sulfonamides is 1. The molecule has 216 valence electrons. The van der Waals surface area contributed by atoms with Gasteiger partial charge in [0.05, 0.1) is 11.8 Å². The van der Waals surface area contributed by atoms with Gasteiger partial charge in [-0.05, 0) is 72.8 Å². The van der Waals surface area contributed by atoms with Crippen molar-refractivity contribution in [3.05, 3.63) is 143 Å². The minimum Gasteiger partial charge on any atom is -0.343 e. The molecule has 0 N–H and O–H groups in total. The molecule has 0 bridgehead atoms. The van der Waals surface area contributed by atoms with Crippen molar-refractivity contribution in [2.45, 2.75) is 43.6 Å². The van der Waals surface area contributed by atoms with Crippen LogP contribution in [0.2, 0.25) is 0 Å². The molecule has 0 aliphatic carbocycles. The molecule has 1 aliphatic rings. The van der Waals surface area contributed by atoms with Gasteiger partial charge < -0.3 is 9.47 Å². The van der Waals surface area contributed by atoms with Gasteiger partial charge in [0.1, 0.15) is 0 Å². The highest BCUT2D eigenvalue weighted by molar-refractivity contribution is 7.88. The maximum atomic E-state index is 14.0. The fourth-order valence-corrected chi connectivity index (χ4v) is 7.80. The van der Waals surface area contributed by atoms with Gasteiger partial charge in [-0.25, -0.2) is 8.42 Å². The van der Waals surface area contributed by atoms with Crippen LogP contribution in [-0.2, 0) is 28.7 Å². The van der Waals surface area contributed by atoms with Crippen LogP contribution in [0.1, 0.15) is 46.7 Å². The van der Waals surface area contributed by atoms with E-state index in [0.29, 0.717) is 6.04 Å². The Balaban J connectivity index is 1.34. The number of likely N-dealkylation sites (tertiary alicyclic amines) is 1. The van der Waals surface area contributed by atoms with E-state index < -0.39 is 16.1 Å². The largest absolute Gasteiger partial charge is 0.343 e. The Hall–Kier alpha value is -3.71. The van der Waals surface area contributed by atoms with E-state index in [1.165, 1.54) is 28.3 Å². The van der Waals surface area contributed by atoms with Crippen LogP contribution < -0.4 is 0 Å². The molecule has 1 fully saturated rings. The molecule has 0 unspecified atom stereocenters. The number of hydrogen-bond acceptors (Lipinski definition) is 3. The third-order valence-electron chi connectivity index (χ3n) is 8.73. The Labute approximate surface area is 250 Å². The standard InChI is InChI=1S/C36H39N3O2S/c1-37-22-12-19-33(37)24-32-26-39(25-28-13-6-3-7-14-28)35-21-20-29(23-34(32)35)27-42(40,41)38(2)36(30-15-8-4-9-16-30)31-17-10-5-11-18-31/h3-11,13-18,20-21,23,26,33,36H,12,19,22,24-25,27H2,1-2H3/t33-/m1/s1. The molecule has 5 nitrogen and oxygen atoms in total. The highest BCUT2D eigenvalue weighted by Gasteiger charge is 2.29. The summed E-state index contributed by atoms with van der Waals surface area (Å²) in [5, 5.41) is 1.16. The minimum atomic E-state index is -3.64. The summed E-state index contributed by atoms with van der Waals surface area (Å²) in [7, 11) is 0.272. The third kappa shape index (κ3) is 6.07. The van der Waals surface area contributed by atoms with Crippen molar-refractivity contribution < 1.29 is 8.42 Å². The summed E-state index contributed by atoms with van der Waals surface area (Å²) in [6.45, 7) is 1.92. The second-order valence-electron chi connectivity index (χ2n) is 11.6. The van der Waals surface area contributed by atoms with E-state index in [2.05, 4.69) is 59.1 Å². The molecule has 6 rings (SSSR count). The molecule has 6 heteroatoms. The predicted molar refractivity (Wildman–Crippen MR) is 172 cm³/mol. The number of hydrogen-bond donors (Lipinski definition) is 0. The van der Waals surface area contributed by atoms with E-state index in [9.17, 15) is 8.42 Å². The quantitative estimate of drug-likeness (QED) is 0.182. The summed E-state index contributed by atoms with van der Waals surface area (Å²) in [5.74, 6) is -0.0533. The van der Waals surface area contributed by atoms with E-state index in [1.54, 1.807) is 7.05 Å². The van der Waals surface area contributed by atoms with Crippen molar-refractivity contribution in [2.24, 2.45) is 0 Å². The average molecular weight is 578 g/mol. The van der Waals surface area contributed by atoms with Crippen LogP contribution >= 0.6 is 0 Å². The van der Waals surface area contributed by atoms with Crippen molar-refractivity contribution in [3.63, 3.8) is 0 Å². The van der Waals surface area contributed by atoms with E-state index in [1.807, 2.05) is 72.8 Å². The van der Waals surface area contributed by atoms with Crippen LogP contribution in [-0.4, -0.2) is 48.9 Å². The normalized spacial score (nSPS) is 16.1. The molecule has 0 radical (unpaired) electrons. The number of aromatic nitrogens is 1. The Kier molecular flexibility index (Phi) is 8.29. The first-order valence-corrected chi connectivity index (χ1v) is 16.4. The molecule has 0 amide bonds. The second-order valence-corrected chi connectivity index (χ2v) is 13.6. The summed E-state index contributed by atoms with van der Waals surface area (Å²) in [5.41, 5.74) is 6.40. The Morgan fingerprint density at radius 3 is 2.05 bits per heavy atom. The average Bonchev–Trinajstić information content (AvgIpc) is 3.56. The summed E-state index contributed by atoms with van der Waals surface area (Å²) in [4.78, 5) is 2.46. The van der Waals surface area contributed by atoms with Gasteiger partial charge in [-0.3, -0.25) is 0 Å². The first kappa shape index (κ1) is 28.4. The first-order valence-electron chi connectivity index (χ1n) is 14.8. The lowest BCUT2D eigenvalue weighted by Crippen LogP contribution is -2.33. The van der Waals surface area contributed by atoms with Crippen molar-refractivity contribution in [2.75, 3.05) is 20.6 Å². The van der Waals surface area contributed by atoms with E-state index >= 15 is 0 Å². The van der Waals surface area contributed by atoms with Crippen LogP contribution in [0.15, 0.2) is 115 Å². The minimum absolute atomic E-state index is 0.0533. The zero-order chi connectivity index (χ0) is 29.1. The Bertz CT molecular complexity index is 1700. The van der Waals surface area contributed by atoms with Crippen molar-refractivity contribution in [1.29, 1.82) is 0 Å². The van der Waals surface area contributed by atoms with Crippen LogP contribution in [0.5, 0.6) is 0 Å². The number of benzene rings is 4. The summed E-state index contributed by atoms with van der Waals surface area (Å²) < 4.78 is 31.8. The monoisotopic (exact) mass is 577 g/mol. The number of fused-ring (bicyclic) bond motifs is 1. The topological polar surface area (TPSA) is 45.6 Å². The molecule has 1 atom stereocenters. The smallest absolute Gasteiger partial charge is 0.218 e. The van der Waals surface area contributed by atoms with Crippen LogP contribution in [0.3, 0.4) is 0 Å². The lowest BCUT2D eigenvalue weighted by atomic mass is 9.99. The van der Waals surface area contributed by atoms with Crippen LogP contribution in [0.4, 0.5) is 0 Å². The van der Waals surface area contributed by atoms with Gasteiger partial charge in [-0.15, -0.1) is 0 Å². The lowest BCUT2D eigenvalue weighted by molar-refractivity contribution is 0.309. The van der Waals surface area contributed by atoms with Gasteiger partial charge in [0.15, 0.2) is 0 Å². The fraction of sp³-hybridized carbons (Fsp3) is 0.278. The van der Waals surface area contributed by atoms with E-state index in [4.69, 9.17) is 0 Å². The number of likely N-dealkylation sites (N-methyl/N-ethyl adjacent to an activating group) is 1. The summed E-state index contributed by atoms with van der Waals surface area (Å²) in [6.07, 6.45) is 5.68. The highest BCUT2D eigenvalue weighted by atomic mass is 32.2. The molecular formula is C36H39N3O2S. The third-order valence-corrected chi connectivity index (χ3v) is 10.5. The van der Waals surface area contributed by atoms with Gasteiger partial charge in [0.2, 0.25) is 10.0 Å². The maximum Gasteiger partial charge on any atom is 0.218 e. The Morgan fingerprint density at radius 2 is 1.45 bits per heavy atom.